The van der Waals surface area contributed by atoms with Gasteiger partial charge in [0.25, 0.3) is 0 Å². The van der Waals surface area contributed by atoms with Gasteiger partial charge in [-0.15, -0.1) is 0 Å². The maximum absolute atomic E-state index is 13.3. The van der Waals surface area contributed by atoms with Crippen LogP contribution in [0.25, 0.3) is 0 Å². The van der Waals surface area contributed by atoms with Crippen molar-refractivity contribution in [1.82, 2.24) is 14.2 Å². The van der Waals surface area contributed by atoms with Crippen LogP contribution in [0.3, 0.4) is 0 Å². The lowest BCUT2D eigenvalue weighted by atomic mass is 9.98. The summed E-state index contributed by atoms with van der Waals surface area (Å²) in [7, 11) is 0. The quantitative estimate of drug-likeness (QED) is 0.516. The van der Waals surface area contributed by atoms with E-state index >= 15 is 0 Å². The summed E-state index contributed by atoms with van der Waals surface area (Å²) >= 11 is 19.8. The van der Waals surface area contributed by atoms with Crippen molar-refractivity contribution in [1.29, 1.82) is 5.26 Å². The van der Waals surface area contributed by atoms with Crippen LogP contribution in [0.2, 0.25) is 15.1 Å². The average Bonchev–Trinajstić information content (AvgIpc) is 3.17. The maximum atomic E-state index is 13.3. The third kappa shape index (κ3) is 5.87. The molecule has 1 aliphatic heterocycles. The highest BCUT2D eigenvalue weighted by molar-refractivity contribution is 7.97. The molecule has 1 fully saturated rings. The number of nitriles is 1. The first-order valence-electron chi connectivity index (χ1n) is 9.80. The molecule has 5 nitrogen and oxygen atoms in total. The minimum absolute atomic E-state index is 0.0567. The Hall–Kier alpha value is -1.36. The van der Waals surface area contributed by atoms with Gasteiger partial charge in [0.1, 0.15) is 11.8 Å². The van der Waals surface area contributed by atoms with Crippen molar-refractivity contribution in [3.8, 4) is 6.07 Å². The zero-order valence-electron chi connectivity index (χ0n) is 16.6. The number of benzene rings is 1. The number of hydrogen-bond donors (Lipinski definition) is 1. The normalized spacial score (nSPS) is 15.8. The van der Waals surface area contributed by atoms with Crippen LogP contribution < -0.4 is 4.72 Å². The fraction of sp³-hybridized carbons (Fsp3) is 0.429. The topological polar surface area (TPSA) is 61.1 Å². The van der Waals surface area contributed by atoms with Crippen molar-refractivity contribution in [2.45, 2.75) is 43.7 Å². The summed E-state index contributed by atoms with van der Waals surface area (Å²) < 4.78 is 5.12. The standard InChI is InChI=1S/C21H23Cl3N4OS/c1-14-4-8-28(9-5-14)21(29)19(6-10-27-7-2-3-16(27)13-25)26-30-20-17(23)11-15(22)12-18(20)24/h2-3,7,11-12,14,19,26H,4-6,8-10H2,1H3. The van der Waals surface area contributed by atoms with Gasteiger partial charge in [-0.25, -0.2) is 4.72 Å². The van der Waals surface area contributed by atoms with Crippen LogP contribution >= 0.6 is 46.8 Å². The number of nitrogens with zero attached hydrogens (tertiary/aromatic N) is 3. The molecule has 1 aromatic carbocycles. The molecule has 0 bridgehead atoms. The average molecular weight is 486 g/mol. The third-order valence-corrected chi connectivity index (χ3v) is 7.35. The molecule has 1 aliphatic rings. The highest BCUT2D eigenvalue weighted by Gasteiger charge is 2.27. The van der Waals surface area contributed by atoms with Gasteiger partial charge in [-0.2, -0.15) is 5.26 Å². The van der Waals surface area contributed by atoms with E-state index in [1.54, 1.807) is 18.2 Å². The smallest absolute Gasteiger partial charge is 0.240 e. The van der Waals surface area contributed by atoms with Crippen LogP contribution in [0.4, 0.5) is 0 Å². The number of likely N-dealkylation sites (tertiary alicyclic amines) is 1. The number of carbonyl (C=O) groups excluding carboxylic acids is 1. The number of halogens is 3. The maximum Gasteiger partial charge on any atom is 0.240 e. The highest BCUT2D eigenvalue weighted by Crippen LogP contribution is 2.35. The zero-order chi connectivity index (χ0) is 21.7. The molecule has 0 radical (unpaired) electrons. The summed E-state index contributed by atoms with van der Waals surface area (Å²) in [6, 6.07) is 8.57. The molecule has 1 saturated heterocycles. The van der Waals surface area contributed by atoms with E-state index in [1.165, 1.54) is 11.9 Å². The third-order valence-electron chi connectivity index (χ3n) is 5.26. The molecule has 0 spiro atoms. The van der Waals surface area contributed by atoms with E-state index in [-0.39, 0.29) is 5.91 Å². The number of carbonyl (C=O) groups is 1. The second-order valence-corrected chi connectivity index (χ2v) is 9.57. The largest absolute Gasteiger partial charge is 0.341 e. The van der Waals surface area contributed by atoms with Gasteiger partial charge in [-0.1, -0.05) is 41.7 Å². The molecule has 160 valence electrons. The first-order chi connectivity index (χ1) is 14.4. The summed E-state index contributed by atoms with van der Waals surface area (Å²) in [6.45, 7) is 4.29. The predicted molar refractivity (Wildman–Crippen MR) is 123 cm³/mol. The van der Waals surface area contributed by atoms with Gasteiger partial charge < -0.3 is 9.47 Å². The Bertz CT molecular complexity index is 912. The van der Waals surface area contributed by atoms with Crippen LogP contribution in [0.15, 0.2) is 35.4 Å². The Morgan fingerprint density at radius 1 is 1.30 bits per heavy atom. The molecule has 1 amide bonds. The Kier molecular flexibility index (Phi) is 8.38. The molecule has 0 saturated carbocycles. The summed E-state index contributed by atoms with van der Waals surface area (Å²) in [5, 5.41) is 10.6. The molecule has 0 aliphatic carbocycles. The van der Waals surface area contributed by atoms with E-state index in [0.29, 0.717) is 44.5 Å². The van der Waals surface area contributed by atoms with E-state index in [2.05, 4.69) is 17.7 Å². The van der Waals surface area contributed by atoms with Crippen LogP contribution in [0, 0.1) is 17.2 Å². The number of rotatable bonds is 7. The van der Waals surface area contributed by atoms with Crippen molar-refractivity contribution in [3.63, 3.8) is 0 Å². The van der Waals surface area contributed by atoms with Gasteiger partial charge in [0.15, 0.2) is 0 Å². The summed E-state index contributed by atoms with van der Waals surface area (Å²) in [6.07, 6.45) is 4.40. The Morgan fingerprint density at radius 2 is 1.97 bits per heavy atom. The van der Waals surface area contributed by atoms with Crippen LogP contribution in [0.5, 0.6) is 0 Å². The van der Waals surface area contributed by atoms with E-state index in [1.807, 2.05) is 21.7 Å². The number of piperidine rings is 1. The van der Waals surface area contributed by atoms with Crippen molar-refractivity contribution in [2.24, 2.45) is 5.92 Å². The van der Waals surface area contributed by atoms with Crippen molar-refractivity contribution in [2.75, 3.05) is 13.1 Å². The Morgan fingerprint density at radius 3 is 2.60 bits per heavy atom. The number of amides is 1. The van der Waals surface area contributed by atoms with Crippen LogP contribution in [-0.2, 0) is 11.3 Å². The molecule has 2 heterocycles. The predicted octanol–water partition coefficient (Wildman–Crippen LogP) is 5.63. The van der Waals surface area contributed by atoms with Crippen molar-refractivity contribution < 1.29 is 4.79 Å². The Labute approximate surface area is 196 Å². The SMILES string of the molecule is CC1CCN(C(=O)C(CCn2cccc2C#N)NSc2c(Cl)cc(Cl)cc2Cl)CC1. The molecular formula is C21H23Cl3N4OS. The monoisotopic (exact) mass is 484 g/mol. The minimum Gasteiger partial charge on any atom is -0.341 e. The Balaban J connectivity index is 1.73. The van der Waals surface area contributed by atoms with E-state index < -0.39 is 6.04 Å². The van der Waals surface area contributed by atoms with Crippen molar-refractivity contribution >= 4 is 52.7 Å². The molecule has 30 heavy (non-hydrogen) atoms. The summed E-state index contributed by atoms with van der Waals surface area (Å²) in [5.74, 6) is 0.695. The molecule has 2 aromatic rings. The van der Waals surface area contributed by atoms with Crippen LogP contribution in [-0.4, -0.2) is 34.5 Å². The van der Waals surface area contributed by atoms with Gasteiger partial charge in [-0.05, 0) is 61.4 Å². The fourth-order valence-corrected chi connectivity index (χ4v) is 5.26. The lowest BCUT2D eigenvalue weighted by Crippen LogP contribution is -2.47. The first-order valence-corrected chi connectivity index (χ1v) is 11.7. The second-order valence-electron chi connectivity index (χ2n) is 7.47. The van der Waals surface area contributed by atoms with Gasteiger partial charge in [-0.3, -0.25) is 4.79 Å². The minimum atomic E-state index is -0.444. The van der Waals surface area contributed by atoms with E-state index in [0.717, 1.165) is 25.9 Å². The van der Waals surface area contributed by atoms with E-state index in [9.17, 15) is 10.1 Å². The zero-order valence-corrected chi connectivity index (χ0v) is 19.7. The molecular weight excluding hydrogens is 463 g/mol. The fourth-order valence-electron chi connectivity index (χ4n) is 3.42. The van der Waals surface area contributed by atoms with Gasteiger partial charge >= 0.3 is 0 Å². The summed E-state index contributed by atoms with van der Waals surface area (Å²) in [5.41, 5.74) is 0.574. The van der Waals surface area contributed by atoms with Crippen molar-refractivity contribution in [3.05, 3.63) is 51.2 Å². The number of hydrogen-bond acceptors (Lipinski definition) is 4. The number of nitrogens with one attached hydrogen (secondary N) is 1. The lowest BCUT2D eigenvalue weighted by molar-refractivity contribution is -0.134. The van der Waals surface area contributed by atoms with Gasteiger partial charge in [0.05, 0.1) is 21.0 Å². The molecule has 1 atom stereocenters. The second kappa shape index (κ2) is 10.8. The molecule has 1 unspecified atom stereocenters. The molecule has 1 N–H and O–H groups in total. The lowest BCUT2D eigenvalue weighted by Gasteiger charge is -2.33. The van der Waals surface area contributed by atoms with E-state index in [4.69, 9.17) is 34.8 Å². The van der Waals surface area contributed by atoms with Gasteiger partial charge in [0, 0.05) is 30.9 Å². The molecule has 3 rings (SSSR count). The highest BCUT2D eigenvalue weighted by atomic mass is 35.5. The molecule has 1 aromatic heterocycles. The van der Waals surface area contributed by atoms with Gasteiger partial charge in [0.2, 0.25) is 5.91 Å². The molecule has 9 heteroatoms. The number of aryl methyl sites for hydroxylation is 1. The van der Waals surface area contributed by atoms with Crippen LogP contribution in [0.1, 0.15) is 31.9 Å². The number of aromatic nitrogens is 1. The summed E-state index contributed by atoms with van der Waals surface area (Å²) in [4.78, 5) is 15.8. The first kappa shape index (κ1) is 23.3.